The Kier molecular flexibility index (Phi) is 12.5. The van der Waals surface area contributed by atoms with Gasteiger partial charge in [-0.1, -0.05) is 12.0 Å². The van der Waals surface area contributed by atoms with Crippen LogP contribution in [-0.4, -0.2) is 92.6 Å². The van der Waals surface area contributed by atoms with Crippen molar-refractivity contribution in [2.75, 3.05) is 43.4 Å². The van der Waals surface area contributed by atoms with E-state index in [0.29, 0.717) is 0 Å². The van der Waals surface area contributed by atoms with Gasteiger partial charge in [0.2, 0.25) is 17.5 Å². The molecule has 0 radical (unpaired) electrons. The number of carbonyl (C=O) groups excluding carboxylic acids is 3. The van der Waals surface area contributed by atoms with E-state index in [9.17, 15) is 49.5 Å². The second kappa shape index (κ2) is 15.3. The first-order valence-corrected chi connectivity index (χ1v) is 14.0. The van der Waals surface area contributed by atoms with Crippen LogP contribution < -0.4 is 69.7 Å². The smallest absolute Gasteiger partial charge is 0.507 e. The van der Waals surface area contributed by atoms with Gasteiger partial charge >= 0.3 is 65.1 Å². The molecule has 0 heterocycles. The van der Waals surface area contributed by atoms with E-state index < -0.39 is 77.1 Å². The molecule has 7 N–H and O–H groups in total. The van der Waals surface area contributed by atoms with Crippen molar-refractivity contribution in [3.63, 3.8) is 0 Å². The number of amides is 1. The van der Waals surface area contributed by atoms with Crippen LogP contribution in [0.15, 0.2) is 36.4 Å². The molecule has 6 rings (SSSR count). The molecule has 1 saturated carbocycles. The molecule has 46 heavy (non-hydrogen) atoms. The van der Waals surface area contributed by atoms with Crippen molar-refractivity contribution in [3.05, 3.63) is 72.0 Å². The topological polar surface area (TPSA) is 214 Å². The van der Waals surface area contributed by atoms with Crippen LogP contribution in [0.25, 0.3) is 0 Å². The van der Waals surface area contributed by atoms with Gasteiger partial charge in [-0.05, 0) is 30.2 Å². The van der Waals surface area contributed by atoms with Crippen LogP contribution in [0.5, 0.6) is 11.5 Å². The number of aromatic hydroxyl groups is 2. The number of ketones is 2. The Morgan fingerprint density at radius 1 is 0.804 bits per heavy atom. The van der Waals surface area contributed by atoms with Crippen molar-refractivity contribution in [2.45, 2.75) is 0 Å². The molecule has 1 amide bonds. The Morgan fingerprint density at radius 2 is 1.37 bits per heavy atom. The number of carboxylic acids is 2. The molecule has 232 valence electrons. The van der Waals surface area contributed by atoms with Gasteiger partial charge < -0.3 is 54.4 Å². The predicted octanol–water partition coefficient (Wildman–Crippen LogP) is -4.60. The van der Waals surface area contributed by atoms with Gasteiger partial charge in [0, 0.05) is 36.9 Å². The van der Waals surface area contributed by atoms with Crippen LogP contribution in [0.2, 0.25) is 0 Å². The monoisotopic (exact) mass is 651 g/mol. The molecule has 5 atom stereocenters. The van der Waals surface area contributed by atoms with Gasteiger partial charge in [-0.2, -0.15) is 0 Å². The number of hydrogen-bond acceptors (Lipinski definition) is 10. The summed E-state index contributed by atoms with van der Waals surface area (Å²) >= 11 is 0. The maximum atomic E-state index is 13.8. The summed E-state index contributed by atoms with van der Waals surface area (Å²) in [6.45, 7) is 3.21. The Bertz CT molecular complexity index is 1600. The van der Waals surface area contributed by atoms with Crippen LogP contribution in [-0.2, 0) is 14.4 Å². The minimum Gasteiger partial charge on any atom is -0.507 e. The summed E-state index contributed by atoms with van der Waals surface area (Å²) in [5, 5.41) is 56.1. The van der Waals surface area contributed by atoms with Crippen LogP contribution >= 0.6 is 0 Å². The summed E-state index contributed by atoms with van der Waals surface area (Å²) < 4.78 is 0. The summed E-state index contributed by atoms with van der Waals surface area (Å²) in [5.41, 5.74) is -0.296. The maximum Gasteiger partial charge on any atom is 1.00 e. The second-order valence-corrected chi connectivity index (χ2v) is 10.8. The summed E-state index contributed by atoms with van der Waals surface area (Å²) in [5.74, 6) is -10.4. The average Bonchev–Trinajstić information content (AvgIpc) is 3.00. The van der Waals surface area contributed by atoms with Crippen LogP contribution in [0.3, 0.4) is 0 Å². The Morgan fingerprint density at radius 3 is 1.87 bits per heavy atom. The molecule has 2 aromatic carbocycles. The third kappa shape index (κ3) is 6.59. The molecule has 2 aromatic rings. The quantitative estimate of drug-likeness (QED) is 0.0452. The van der Waals surface area contributed by atoms with Gasteiger partial charge in [-0.15, -0.1) is 18.5 Å². The van der Waals surface area contributed by atoms with Crippen molar-refractivity contribution in [1.82, 2.24) is 4.90 Å². The average molecular weight is 652 g/mol. The van der Waals surface area contributed by atoms with E-state index in [1.807, 2.05) is 0 Å². The first kappa shape index (κ1) is 37.5. The number of aliphatic carboxylic acids is 2. The fourth-order valence-corrected chi connectivity index (χ4v) is 6.54. The minimum atomic E-state index is -1.23. The summed E-state index contributed by atoms with van der Waals surface area (Å²) in [7, 11) is 0. The SMILES string of the molecule is [CH2-]CNc1ccc(NCCN(CCO)C(=O)C2C3C=CC([CH-]C3C(=O)O)C2C(=O)O)c2c1C(=O)c1c(O)ccc(O)c1C2=O.[Na+].[Na+]. The predicted molar refractivity (Wildman–Crippen MR) is 155 cm³/mol. The molecule has 0 spiro atoms. The molecule has 1 fully saturated rings. The number of phenols is 2. The standard InChI is InChI=1S/C31H31N3O10.2Na/c1-2-32-17-5-6-18(24-23(17)27(38)25-19(36)7-8-20(37)26(25)28(24)39)33-9-10-34(11-12-35)29(40)22-15-4-3-14(21(22)31(43)44)13-16(15)30(41)42;;/h3-8,13-16,21-22,32-33,35-37H,1-2,9-12H2,(H,41,42)(H,43,44);;/q-2;2*+1. The number of carboxylic acid groups (broad SMARTS) is 2. The fraction of sp³-hybridized carbons (Fsp3) is 0.323. The molecule has 4 aliphatic carbocycles. The number of nitrogens with one attached hydrogen (secondary N) is 2. The number of nitrogens with zero attached hydrogens (tertiary/aromatic N) is 1. The zero-order valence-corrected chi connectivity index (χ0v) is 29.4. The number of benzene rings is 2. The molecule has 5 unspecified atom stereocenters. The number of fused-ring (bicyclic) bond motifs is 4. The van der Waals surface area contributed by atoms with E-state index in [0.717, 1.165) is 12.1 Å². The van der Waals surface area contributed by atoms with Gasteiger partial charge in [-0.3, -0.25) is 24.0 Å². The normalized spacial score (nSPS) is 22.1. The Balaban J connectivity index is 0.00000288. The zero-order valence-electron chi connectivity index (χ0n) is 25.4. The van der Waals surface area contributed by atoms with Gasteiger partial charge in [0.05, 0.1) is 34.8 Å². The Labute approximate surface area is 308 Å². The van der Waals surface area contributed by atoms with Crippen molar-refractivity contribution < 1.29 is 109 Å². The van der Waals surface area contributed by atoms with E-state index in [1.165, 1.54) is 17.4 Å². The van der Waals surface area contributed by atoms with Gasteiger partial charge in [-0.25, -0.2) is 0 Å². The summed E-state index contributed by atoms with van der Waals surface area (Å²) in [4.78, 5) is 66.3. The number of rotatable bonds is 11. The molecular weight excluding hydrogens is 620 g/mol. The first-order chi connectivity index (χ1) is 21.0. The molecular formula is C31H31N3Na2O10. The van der Waals surface area contributed by atoms with Gasteiger partial charge in [0.15, 0.2) is 0 Å². The number of hydrogen-bond donors (Lipinski definition) is 7. The van der Waals surface area contributed by atoms with Crippen LogP contribution in [0, 0.1) is 42.9 Å². The van der Waals surface area contributed by atoms with E-state index in [4.69, 9.17) is 0 Å². The van der Waals surface area contributed by atoms with Gasteiger partial charge in [0.1, 0.15) is 11.5 Å². The van der Waals surface area contributed by atoms with Crippen molar-refractivity contribution in [1.29, 1.82) is 0 Å². The molecule has 4 aliphatic rings. The molecule has 0 saturated heterocycles. The molecule has 13 nitrogen and oxygen atoms in total. The van der Waals surface area contributed by atoms with Gasteiger partial charge in [0.25, 0.3) is 5.97 Å². The zero-order chi connectivity index (χ0) is 31.9. The number of phenolic OH excluding ortho intramolecular Hbond substituents is 2. The largest absolute Gasteiger partial charge is 1.00 e. The summed E-state index contributed by atoms with van der Waals surface area (Å²) in [6.07, 6.45) is 4.62. The molecule has 15 heteroatoms. The minimum absolute atomic E-state index is 0. The van der Waals surface area contributed by atoms with Crippen LogP contribution in [0.4, 0.5) is 11.4 Å². The molecule has 0 aromatic heterocycles. The third-order valence-corrected chi connectivity index (χ3v) is 8.44. The van der Waals surface area contributed by atoms with E-state index in [2.05, 4.69) is 17.6 Å². The fourth-order valence-electron chi connectivity index (χ4n) is 6.54. The summed E-state index contributed by atoms with van der Waals surface area (Å²) in [6, 6.07) is 5.30. The third-order valence-electron chi connectivity index (χ3n) is 8.44. The van der Waals surface area contributed by atoms with E-state index >= 15 is 0 Å². The van der Waals surface area contributed by atoms with Crippen molar-refractivity contribution in [3.8, 4) is 11.5 Å². The van der Waals surface area contributed by atoms with Crippen LogP contribution in [0.1, 0.15) is 31.8 Å². The molecule has 0 aliphatic heterocycles. The van der Waals surface area contributed by atoms with E-state index in [1.54, 1.807) is 18.2 Å². The number of aliphatic hydroxyl groups excluding tert-OH is 1. The number of anilines is 2. The van der Waals surface area contributed by atoms with Crippen molar-refractivity contribution in [2.24, 2.45) is 29.6 Å². The number of allylic oxidation sites excluding steroid dienone is 2. The molecule has 2 bridgehead atoms. The number of carbonyl (C=O) groups is 5. The van der Waals surface area contributed by atoms with E-state index in [-0.39, 0.29) is 119 Å². The van der Waals surface area contributed by atoms with Crippen molar-refractivity contribution >= 4 is 40.8 Å². The maximum absolute atomic E-state index is 13.8. The Hall–Kier alpha value is -2.91. The second-order valence-electron chi connectivity index (χ2n) is 10.8. The first-order valence-electron chi connectivity index (χ1n) is 14.0. The number of aliphatic hydroxyl groups is 1.